The summed E-state index contributed by atoms with van der Waals surface area (Å²) in [5, 5.41) is 9.79. The van der Waals surface area contributed by atoms with Crippen molar-refractivity contribution >= 4 is 38.9 Å². The highest BCUT2D eigenvalue weighted by molar-refractivity contribution is 8.19. The molecule has 30 heavy (non-hydrogen) atoms. The fourth-order valence-electron chi connectivity index (χ4n) is 2.67. The average molecular weight is 445 g/mol. The molecular weight excluding hydrogens is 424 g/mol. The highest BCUT2D eigenvalue weighted by atomic mass is 32.2. The second-order valence-electron chi connectivity index (χ2n) is 6.41. The SMILES string of the molecule is C=CCN1C(=O)/C(=C/c2ccc(O)c(OC)c2)SC1=NS(=O)(=O)c1ccc(C)cc1. The molecule has 0 bridgehead atoms. The molecule has 0 aliphatic carbocycles. The molecule has 0 radical (unpaired) electrons. The predicted octanol–water partition coefficient (Wildman–Crippen LogP) is 3.56. The molecule has 1 N–H and O–H groups in total. The first kappa shape index (κ1) is 21.7. The molecule has 0 unspecified atom stereocenters. The topological polar surface area (TPSA) is 96.3 Å². The molecule has 1 amide bonds. The number of aryl methyl sites for hydroxylation is 1. The Morgan fingerprint density at radius 1 is 1.23 bits per heavy atom. The van der Waals surface area contributed by atoms with Crippen molar-refractivity contribution in [1.29, 1.82) is 0 Å². The first-order valence-corrected chi connectivity index (χ1v) is 11.1. The van der Waals surface area contributed by atoms with Crippen LogP contribution in [0.3, 0.4) is 0 Å². The van der Waals surface area contributed by atoms with Gasteiger partial charge in [0.25, 0.3) is 15.9 Å². The number of sulfonamides is 1. The molecule has 0 spiro atoms. The van der Waals surface area contributed by atoms with Gasteiger partial charge in [-0.25, -0.2) is 0 Å². The summed E-state index contributed by atoms with van der Waals surface area (Å²) in [4.78, 5) is 14.4. The summed E-state index contributed by atoms with van der Waals surface area (Å²) in [5.74, 6) is -0.145. The van der Waals surface area contributed by atoms with Crippen LogP contribution in [-0.4, -0.2) is 43.2 Å². The summed E-state index contributed by atoms with van der Waals surface area (Å²) in [5.41, 5.74) is 1.54. The Kier molecular flexibility index (Phi) is 6.33. The van der Waals surface area contributed by atoms with Gasteiger partial charge in [-0.2, -0.15) is 8.42 Å². The van der Waals surface area contributed by atoms with Crippen LogP contribution < -0.4 is 4.74 Å². The van der Waals surface area contributed by atoms with Gasteiger partial charge in [-0.15, -0.1) is 11.0 Å². The number of aromatic hydroxyl groups is 1. The molecule has 7 nitrogen and oxygen atoms in total. The molecule has 1 saturated heterocycles. The molecule has 2 aromatic carbocycles. The van der Waals surface area contributed by atoms with Crippen molar-refractivity contribution in [1.82, 2.24) is 4.90 Å². The molecule has 0 saturated carbocycles. The lowest BCUT2D eigenvalue weighted by molar-refractivity contribution is -0.121. The Bertz CT molecular complexity index is 1150. The minimum Gasteiger partial charge on any atom is -0.504 e. The number of methoxy groups -OCH3 is 1. The number of hydrogen-bond donors (Lipinski definition) is 1. The van der Waals surface area contributed by atoms with Gasteiger partial charge in [-0.05, 0) is 54.6 Å². The van der Waals surface area contributed by atoms with Gasteiger partial charge in [0.2, 0.25) is 0 Å². The molecule has 1 heterocycles. The third kappa shape index (κ3) is 4.58. The standard InChI is InChI=1S/C21H20N2O5S2/c1-4-11-23-20(25)19(13-15-7-10-17(24)18(12-15)28-3)29-21(23)22-30(26,27)16-8-5-14(2)6-9-16/h4-10,12-13,24H,1,11H2,2-3H3/b19-13-,22-21?. The quantitative estimate of drug-likeness (QED) is 0.541. The zero-order chi connectivity index (χ0) is 21.9. The summed E-state index contributed by atoms with van der Waals surface area (Å²) in [6, 6.07) is 11.0. The third-order valence-corrected chi connectivity index (χ3v) is 6.62. The van der Waals surface area contributed by atoms with E-state index in [0.29, 0.717) is 10.5 Å². The van der Waals surface area contributed by atoms with Gasteiger partial charge in [0.15, 0.2) is 16.7 Å². The number of ether oxygens (including phenoxy) is 1. The number of nitrogens with zero attached hydrogens (tertiary/aromatic N) is 2. The fourth-order valence-corrected chi connectivity index (χ4v) is 4.86. The van der Waals surface area contributed by atoms with Gasteiger partial charge in [-0.1, -0.05) is 29.8 Å². The summed E-state index contributed by atoms with van der Waals surface area (Å²) >= 11 is 0.961. The van der Waals surface area contributed by atoms with Crippen molar-refractivity contribution < 1.29 is 23.1 Å². The van der Waals surface area contributed by atoms with Crippen LogP contribution in [0.1, 0.15) is 11.1 Å². The zero-order valence-corrected chi connectivity index (χ0v) is 18.0. The Morgan fingerprint density at radius 3 is 2.57 bits per heavy atom. The lowest BCUT2D eigenvalue weighted by Gasteiger charge is -2.12. The fraction of sp³-hybridized carbons (Fsp3) is 0.143. The first-order valence-electron chi connectivity index (χ1n) is 8.86. The lowest BCUT2D eigenvalue weighted by atomic mass is 10.2. The van der Waals surface area contributed by atoms with Gasteiger partial charge >= 0.3 is 0 Å². The number of phenols is 1. The second kappa shape index (κ2) is 8.76. The van der Waals surface area contributed by atoms with Crippen molar-refractivity contribution in [3.63, 3.8) is 0 Å². The largest absolute Gasteiger partial charge is 0.504 e. The normalized spacial score (nSPS) is 17.0. The van der Waals surface area contributed by atoms with E-state index < -0.39 is 10.0 Å². The van der Waals surface area contributed by atoms with Crippen molar-refractivity contribution in [2.45, 2.75) is 11.8 Å². The summed E-state index contributed by atoms with van der Waals surface area (Å²) in [6.07, 6.45) is 3.09. The van der Waals surface area contributed by atoms with Crippen molar-refractivity contribution in [2.75, 3.05) is 13.7 Å². The van der Waals surface area contributed by atoms with Crippen LogP contribution in [0.15, 0.2) is 69.3 Å². The maximum atomic E-state index is 12.8. The Hall–Kier alpha value is -3.04. The maximum Gasteiger partial charge on any atom is 0.284 e. The predicted molar refractivity (Wildman–Crippen MR) is 118 cm³/mol. The molecule has 2 aromatic rings. The van der Waals surface area contributed by atoms with Crippen LogP contribution in [-0.2, 0) is 14.8 Å². The molecule has 3 rings (SSSR count). The van der Waals surface area contributed by atoms with Crippen LogP contribution in [0.2, 0.25) is 0 Å². The van der Waals surface area contributed by atoms with Crippen molar-refractivity contribution in [3.8, 4) is 11.5 Å². The van der Waals surface area contributed by atoms with Gasteiger partial charge in [-0.3, -0.25) is 9.69 Å². The lowest BCUT2D eigenvalue weighted by Crippen LogP contribution is -2.29. The van der Waals surface area contributed by atoms with Crippen molar-refractivity contribution in [2.24, 2.45) is 4.40 Å². The Morgan fingerprint density at radius 2 is 1.93 bits per heavy atom. The summed E-state index contributed by atoms with van der Waals surface area (Å²) < 4.78 is 34.4. The van der Waals surface area contributed by atoms with Crippen LogP contribution >= 0.6 is 11.8 Å². The zero-order valence-electron chi connectivity index (χ0n) is 16.4. The van der Waals surface area contributed by atoms with Gasteiger partial charge in [0.05, 0.1) is 16.9 Å². The Labute approximate surface area is 179 Å². The van der Waals surface area contributed by atoms with E-state index >= 15 is 0 Å². The average Bonchev–Trinajstić information content (AvgIpc) is 2.98. The van der Waals surface area contributed by atoms with E-state index in [1.54, 1.807) is 30.3 Å². The molecule has 1 aliphatic heterocycles. The molecule has 156 valence electrons. The number of carbonyl (C=O) groups is 1. The summed E-state index contributed by atoms with van der Waals surface area (Å²) in [7, 11) is -2.56. The van der Waals surface area contributed by atoms with Crippen LogP contribution in [0, 0.1) is 6.92 Å². The van der Waals surface area contributed by atoms with E-state index in [1.807, 2.05) is 6.92 Å². The number of carbonyl (C=O) groups excluding carboxylic acids is 1. The molecule has 1 fully saturated rings. The highest BCUT2D eigenvalue weighted by Gasteiger charge is 2.34. The number of benzene rings is 2. The number of thioether (sulfide) groups is 1. The minimum atomic E-state index is -3.99. The van der Waals surface area contributed by atoms with Gasteiger partial charge < -0.3 is 9.84 Å². The number of hydrogen-bond acceptors (Lipinski definition) is 6. The molecule has 9 heteroatoms. The molecule has 0 aromatic heterocycles. The first-order chi connectivity index (χ1) is 14.2. The monoisotopic (exact) mass is 444 g/mol. The third-order valence-electron chi connectivity index (χ3n) is 4.22. The number of phenolic OH excluding ortho intramolecular Hbond substituents is 1. The highest BCUT2D eigenvalue weighted by Crippen LogP contribution is 2.35. The molecule has 1 aliphatic rings. The number of amidine groups is 1. The van der Waals surface area contributed by atoms with E-state index in [4.69, 9.17) is 4.74 Å². The maximum absolute atomic E-state index is 12.8. The van der Waals surface area contributed by atoms with E-state index in [2.05, 4.69) is 11.0 Å². The number of rotatable bonds is 6. The minimum absolute atomic E-state index is 0.0234. The van der Waals surface area contributed by atoms with Gasteiger partial charge in [0, 0.05) is 6.54 Å². The van der Waals surface area contributed by atoms with E-state index in [1.165, 1.54) is 36.3 Å². The second-order valence-corrected chi connectivity index (χ2v) is 9.02. The van der Waals surface area contributed by atoms with Gasteiger partial charge in [0.1, 0.15) is 0 Å². The summed E-state index contributed by atoms with van der Waals surface area (Å²) in [6.45, 7) is 5.60. The van der Waals surface area contributed by atoms with E-state index in [-0.39, 0.29) is 34.0 Å². The van der Waals surface area contributed by atoms with E-state index in [9.17, 15) is 18.3 Å². The van der Waals surface area contributed by atoms with Crippen LogP contribution in [0.4, 0.5) is 0 Å². The molecular formula is C21H20N2O5S2. The van der Waals surface area contributed by atoms with E-state index in [0.717, 1.165) is 17.3 Å². The smallest absolute Gasteiger partial charge is 0.284 e. The van der Waals surface area contributed by atoms with Crippen LogP contribution in [0.25, 0.3) is 6.08 Å². The number of amides is 1. The van der Waals surface area contributed by atoms with Crippen molar-refractivity contribution in [3.05, 3.63) is 71.2 Å². The van der Waals surface area contributed by atoms with Crippen LogP contribution in [0.5, 0.6) is 11.5 Å². The Balaban J connectivity index is 1.99. The molecule has 0 atom stereocenters.